The predicted octanol–water partition coefficient (Wildman–Crippen LogP) is 11.2. The Balaban J connectivity index is 1.79. The number of hydrogen-bond donors (Lipinski definition) is 0. The molecule has 0 heterocycles. The van der Waals surface area contributed by atoms with Gasteiger partial charge in [-0.2, -0.15) is 0 Å². The largest absolute Gasteiger partial charge is 0.702 e. The van der Waals surface area contributed by atoms with Gasteiger partial charge in [0.1, 0.15) is 69.1 Å². The molecule has 7 aromatic carbocycles. The average molecular weight is 991 g/mol. The molecule has 0 fully saturated rings. The van der Waals surface area contributed by atoms with Crippen LogP contribution >= 0.6 is 7.26 Å². The van der Waals surface area contributed by atoms with Crippen LogP contribution < -0.4 is 37.0 Å². The first kappa shape index (κ1) is 50.0. The summed E-state index contributed by atoms with van der Waals surface area (Å²) in [5.74, 6) is -48.7. The van der Waals surface area contributed by atoms with Crippen molar-refractivity contribution in [2.24, 2.45) is 0 Å². The van der Waals surface area contributed by atoms with Gasteiger partial charge < -0.3 is 9.39 Å². The molecule has 0 aliphatic rings. The van der Waals surface area contributed by atoms with Crippen LogP contribution in [0.1, 0.15) is 22.3 Å². The van der Waals surface area contributed by atoms with Crippen molar-refractivity contribution < 1.29 is 75.2 Å². The lowest BCUT2D eigenvalue weighted by molar-refractivity contribution is 0.373. The zero-order valence-corrected chi connectivity index (χ0v) is 36.9. The first-order chi connectivity index (χ1) is 32.6. The average Bonchev–Trinajstić information content (AvgIpc) is 3.34. The topological polar surface area (TPSA) is 18.5 Å². The molecule has 0 radical (unpaired) electrons. The standard InChI is InChI=1S/C50H31BF15O2P/c1-23-12-6-9-15-30(23)69(31-16-10-7-13-24(31)2,32-17-11-8-14-25(32)3)26(4)22-29(27-18-20-28(67-5)21-19-27)68-51(33-36(52)42(58)48(64)43(59)37(33)53,34-38(54)44(60)49(65)45(61)39(34)55)35-40(56)46(62)50(66)47(63)41(35)57/h6-22H,4H2,1-3,5H3/b29-22+. The number of hydrogen-bond acceptors (Lipinski definition) is 2. The lowest BCUT2D eigenvalue weighted by Gasteiger charge is -2.46. The Hall–Kier alpha value is -6.94. The summed E-state index contributed by atoms with van der Waals surface area (Å²) >= 11 is 0. The van der Waals surface area contributed by atoms with Gasteiger partial charge >= 0.3 is 0 Å². The van der Waals surface area contributed by atoms with E-state index in [0.717, 1.165) is 30.3 Å². The van der Waals surface area contributed by atoms with E-state index in [1.54, 1.807) is 93.6 Å². The summed E-state index contributed by atoms with van der Waals surface area (Å²) in [6.07, 6.45) is -5.67. The molecule has 0 saturated carbocycles. The molecule has 0 bridgehead atoms. The summed E-state index contributed by atoms with van der Waals surface area (Å²) < 4.78 is 250. The minimum absolute atomic E-state index is 0.00887. The van der Waals surface area contributed by atoms with Crippen molar-refractivity contribution in [1.29, 1.82) is 0 Å². The van der Waals surface area contributed by atoms with Gasteiger partial charge in [-0.3, -0.25) is 0 Å². The first-order valence-electron chi connectivity index (χ1n) is 20.1. The maximum atomic E-state index is 16.7. The second kappa shape index (κ2) is 18.9. The summed E-state index contributed by atoms with van der Waals surface area (Å²) in [7, 11) is -2.49. The van der Waals surface area contributed by atoms with Gasteiger partial charge in [0, 0.05) is 11.6 Å². The molecule has 0 aromatic heterocycles. The second-order valence-corrected chi connectivity index (χ2v) is 19.0. The highest BCUT2D eigenvalue weighted by Gasteiger charge is 2.53. The molecule has 0 spiro atoms. The Morgan fingerprint density at radius 1 is 0.420 bits per heavy atom. The monoisotopic (exact) mass is 990 g/mol. The van der Waals surface area contributed by atoms with Gasteiger partial charge in [-0.05, 0) is 79.9 Å². The molecule has 0 aliphatic carbocycles. The molecule has 0 saturated heterocycles. The van der Waals surface area contributed by atoms with Crippen molar-refractivity contribution >= 4 is 51.7 Å². The van der Waals surface area contributed by atoms with E-state index >= 15 is 52.7 Å². The van der Waals surface area contributed by atoms with Crippen LogP contribution in [0.15, 0.2) is 115 Å². The Bertz CT molecular complexity index is 2900. The van der Waals surface area contributed by atoms with Crippen LogP contribution in [0.25, 0.3) is 5.76 Å². The Labute approximate surface area is 384 Å². The van der Waals surface area contributed by atoms with E-state index in [-0.39, 0.29) is 11.1 Å². The van der Waals surface area contributed by atoms with E-state index in [4.69, 9.17) is 9.39 Å². The van der Waals surface area contributed by atoms with E-state index in [0.29, 0.717) is 32.6 Å². The second-order valence-electron chi connectivity index (χ2n) is 15.6. The normalized spacial score (nSPS) is 12.1. The molecule has 0 amide bonds. The lowest BCUT2D eigenvalue weighted by atomic mass is 9.27. The summed E-state index contributed by atoms with van der Waals surface area (Å²) in [5, 5.41) is 1.38. The number of halogens is 15. The maximum absolute atomic E-state index is 16.7. The van der Waals surface area contributed by atoms with Crippen LogP contribution in [0.5, 0.6) is 5.75 Å². The molecule has 0 atom stereocenters. The number of allylic oxidation sites excluding steroid dienone is 2. The minimum atomic E-state index is -6.50. The quantitative estimate of drug-likeness (QED) is 0.0231. The maximum Gasteiger partial charge on any atom is 0.266 e. The third-order valence-corrected chi connectivity index (χ3v) is 16.5. The molecular formula is C50H31BF15O2P. The Kier molecular flexibility index (Phi) is 13.7. The molecule has 2 nitrogen and oxygen atoms in total. The van der Waals surface area contributed by atoms with E-state index < -0.39 is 129 Å². The molecule has 0 N–H and O–H groups in total. The van der Waals surface area contributed by atoms with Crippen LogP contribution in [0, 0.1) is 108 Å². The highest BCUT2D eigenvalue weighted by molar-refractivity contribution is 7.99. The summed E-state index contributed by atoms with van der Waals surface area (Å²) in [6.45, 7) is 9.51. The lowest BCUT2D eigenvalue weighted by Crippen LogP contribution is -2.74. The molecule has 0 aliphatic heterocycles. The van der Waals surface area contributed by atoms with E-state index in [2.05, 4.69) is 6.58 Å². The highest BCUT2D eigenvalue weighted by atomic mass is 31.2. The van der Waals surface area contributed by atoms with Gasteiger partial charge in [0.15, 0.2) is 52.4 Å². The fourth-order valence-corrected chi connectivity index (χ4v) is 13.4. The van der Waals surface area contributed by atoms with Crippen molar-refractivity contribution in [2.75, 3.05) is 7.11 Å². The number of rotatable bonds is 12. The SMILES string of the molecule is C=C(/C=C(/O[B-](c1c(F)c(F)c(F)c(F)c1F)(c1c(F)c(F)c(F)c(F)c1F)c1c(F)c(F)c(F)c(F)c1F)c1ccc(OC)cc1)[P+](c1ccccc1C)(c1ccccc1C)c1ccccc1C. The molecule has 356 valence electrons. The van der Waals surface area contributed by atoms with Crippen molar-refractivity contribution in [1.82, 2.24) is 0 Å². The van der Waals surface area contributed by atoms with E-state index in [1.807, 2.05) is 0 Å². The number of benzene rings is 7. The summed E-state index contributed by atoms with van der Waals surface area (Å²) in [5.41, 5.74) is -7.59. The van der Waals surface area contributed by atoms with Crippen LogP contribution in [-0.4, -0.2) is 13.5 Å². The zero-order chi connectivity index (χ0) is 50.6. The van der Waals surface area contributed by atoms with Crippen molar-refractivity contribution in [3.63, 3.8) is 0 Å². The fraction of sp³-hybridized carbons (Fsp3) is 0.0800. The Morgan fingerprint density at radius 3 is 0.971 bits per heavy atom. The third kappa shape index (κ3) is 7.82. The van der Waals surface area contributed by atoms with Crippen LogP contribution in [0.4, 0.5) is 65.9 Å². The van der Waals surface area contributed by atoms with Gasteiger partial charge in [-0.15, -0.1) is 0 Å². The van der Waals surface area contributed by atoms with Gasteiger partial charge in [0.2, 0.25) is 0 Å². The van der Waals surface area contributed by atoms with Crippen LogP contribution in [0.3, 0.4) is 0 Å². The number of aryl methyl sites for hydroxylation is 3. The molecule has 7 aromatic rings. The van der Waals surface area contributed by atoms with Gasteiger partial charge in [-0.25, -0.2) is 65.9 Å². The molecule has 0 unspecified atom stereocenters. The van der Waals surface area contributed by atoms with Crippen molar-refractivity contribution in [3.05, 3.63) is 225 Å². The van der Waals surface area contributed by atoms with Gasteiger partial charge in [0.25, 0.3) is 6.35 Å². The van der Waals surface area contributed by atoms with Crippen LogP contribution in [-0.2, 0) is 4.65 Å². The minimum Gasteiger partial charge on any atom is -0.702 e. The van der Waals surface area contributed by atoms with Gasteiger partial charge in [-0.1, -0.05) is 77.6 Å². The highest BCUT2D eigenvalue weighted by Crippen LogP contribution is 2.64. The fourth-order valence-electron chi connectivity index (χ4n) is 8.60. The molecular weight excluding hydrogens is 959 g/mol. The molecule has 19 heteroatoms. The van der Waals surface area contributed by atoms with Crippen LogP contribution in [0.2, 0.25) is 0 Å². The van der Waals surface area contributed by atoms with Crippen molar-refractivity contribution in [3.8, 4) is 5.75 Å². The smallest absolute Gasteiger partial charge is 0.266 e. The van der Waals surface area contributed by atoms with Crippen molar-refractivity contribution in [2.45, 2.75) is 20.8 Å². The zero-order valence-electron chi connectivity index (χ0n) is 36.0. The van der Waals surface area contributed by atoms with E-state index in [9.17, 15) is 13.2 Å². The Morgan fingerprint density at radius 2 is 0.696 bits per heavy atom. The first-order valence-corrected chi connectivity index (χ1v) is 21.9. The summed E-state index contributed by atoms with van der Waals surface area (Å²) in [6, 6.07) is 24.4. The molecule has 69 heavy (non-hydrogen) atoms. The molecule has 7 rings (SSSR count). The number of ether oxygens (including phenoxy) is 1. The van der Waals surface area contributed by atoms with E-state index in [1.165, 1.54) is 7.11 Å². The summed E-state index contributed by atoms with van der Waals surface area (Å²) in [4.78, 5) is 0. The predicted molar refractivity (Wildman–Crippen MR) is 234 cm³/mol. The number of methoxy groups -OCH3 is 1. The van der Waals surface area contributed by atoms with Gasteiger partial charge in [0.05, 0.1) is 12.9 Å². The third-order valence-electron chi connectivity index (χ3n) is 11.8.